The first-order valence-corrected chi connectivity index (χ1v) is 14.2. The van der Waals surface area contributed by atoms with Crippen molar-refractivity contribution < 1.29 is 19.2 Å². The Bertz CT molecular complexity index is 909. The van der Waals surface area contributed by atoms with E-state index in [1.807, 2.05) is 29.2 Å². The smallest absolute Gasteiger partial charge is 0.329 e. The normalized spacial score (nSPS) is 18.6. The highest BCUT2D eigenvalue weighted by Crippen LogP contribution is 2.38. The molecule has 1 aliphatic heterocycles. The second kappa shape index (κ2) is 9.51. The van der Waals surface area contributed by atoms with E-state index in [-0.39, 0.29) is 17.6 Å². The zero-order valence-corrected chi connectivity index (χ0v) is 19.5. The quantitative estimate of drug-likeness (QED) is 0.252. The van der Waals surface area contributed by atoms with Gasteiger partial charge in [-0.05, 0) is 42.3 Å². The van der Waals surface area contributed by atoms with Gasteiger partial charge in [0.1, 0.15) is 11.8 Å². The number of carbonyl (C=O) groups excluding carboxylic acids is 1. The first-order valence-electron chi connectivity index (χ1n) is 10.5. The molecule has 0 N–H and O–H groups in total. The number of rotatable bonds is 8. The van der Waals surface area contributed by atoms with Gasteiger partial charge in [0.15, 0.2) is 0 Å². The van der Waals surface area contributed by atoms with E-state index in [1.165, 1.54) is 12.1 Å². The summed E-state index contributed by atoms with van der Waals surface area (Å²) in [4.78, 5) is 25.8. The Balaban J connectivity index is 1.86. The lowest BCUT2D eigenvalue weighted by Crippen LogP contribution is -2.41. The average molecular weight is 443 g/mol. The van der Waals surface area contributed by atoms with Gasteiger partial charge in [0.2, 0.25) is 0 Å². The van der Waals surface area contributed by atoms with Crippen LogP contribution in [0.5, 0.6) is 5.75 Å². The average Bonchev–Trinajstić information content (AvgIpc) is 3.18. The van der Waals surface area contributed by atoms with E-state index in [0.717, 1.165) is 29.5 Å². The van der Waals surface area contributed by atoms with Gasteiger partial charge in [-0.3, -0.25) is 10.1 Å². The Kier molecular flexibility index (Phi) is 7.00. The molecule has 7 nitrogen and oxygen atoms in total. The number of hydrogen-bond donors (Lipinski definition) is 0. The van der Waals surface area contributed by atoms with E-state index in [0.29, 0.717) is 13.2 Å². The van der Waals surface area contributed by atoms with Crippen LogP contribution in [0.25, 0.3) is 0 Å². The van der Waals surface area contributed by atoms with E-state index >= 15 is 0 Å². The largest absolute Gasteiger partial charge is 0.497 e. The third-order valence-corrected chi connectivity index (χ3v) is 7.38. The van der Waals surface area contributed by atoms with E-state index in [2.05, 4.69) is 19.6 Å². The van der Waals surface area contributed by atoms with Gasteiger partial charge in [0, 0.05) is 38.4 Å². The minimum Gasteiger partial charge on any atom is -0.497 e. The van der Waals surface area contributed by atoms with Crippen molar-refractivity contribution in [2.75, 3.05) is 25.2 Å². The molecular formula is C23H30N2O5Si. The zero-order chi connectivity index (χ0) is 22.6. The van der Waals surface area contributed by atoms with Crippen molar-refractivity contribution in [1.82, 2.24) is 0 Å². The van der Waals surface area contributed by atoms with Crippen LogP contribution in [0.4, 0.5) is 11.4 Å². The maximum absolute atomic E-state index is 13.2. The molecule has 1 aliphatic rings. The van der Waals surface area contributed by atoms with Crippen LogP contribution in [0.1, 0.15) is 17.9 Å². The van der Waals surface area contributed by atoms with Crippen LogP contribution < -0.4 is 9.64 Å². The minimum absolute atomic E-state index is 0.0273. The highest BCUT2D eigenvalue weighted by molar-refractivity contribution is 6.76. The molecule has 0 amide bonds. The third-order valence-electron chi connectivity index (χ3n) is 5.67. The van der Waals surface area contributed by atoms with E-state index in [1.54, 1.807) is 19.2 Å². The first-order chi connectivity index (χ1) is 14.7. The number of methoxy groups -OCH3 is 1. The van der Waals surface area contributed by atoms with Crippen LogP contribution in [0.3, 0.4) is 0 Å². The molecule has 2 atom stereocenters. The molecular weight excluding hydrogens is 412 g/mol. The van der Waals surface area contributed by atoms with Gasteiger partial charge in [-0.1, -0.05) is 31.8 Å². The number of nitro groups is 1. The molecule has 1 heterocycles. The molecule has 0 unspecified atom stereocenters. The van der Waals surface area contributed by atoms with Crippen molar-refractivity contribution in [3.05, 3.63) is 64.2 Å². The number of non-ortho nitro benzene ring substituents is 1. The van der Waals surface area contributed by atoms with Crippen LogP contribution in [0.15, 0.2) is 48.5 Å². The van der Waals surface area contributed by atoms with Crippen molar-refractivity contribution in [2.24, 2.45) is 0 Å². The number of nitro benzene ring substituents is 1. The van der Waals surface area contributed by atoms with Crippen LogP contribution in [-0.2, 0) is 9.53 Å². The number of carbonyl (C=O) groups is 1. The number of anilines is 1. The minimum atomic E-state index is -1.32. The second-order valence-corrected chi connectivity index (χ2v) is 14.7. The third kappa shape index (κ3) is 5.64. The van der Waals surface area contributed by atoms with Crippen LogP contribution >= 0.6 is 0 Å². The molecule has 8 heteroatoms. The molecule has 0 spiro atoms. The van der Waals surface area contributed by atoms with Crippen molar-refractivity contribution >= 4 is 25.4 Å². The molecule has 3 rings (SSSR count). The van der Waals surface area contributed by atoms with Gasteiger partial charge in [0.25, 0.3) is 5.69 Å². The Morgan fingerprint density at radius 2 is 1.77 bits per heavy atom. The summed E-state index contributed by atoms with van der Waals surface area (Å²) in [7, 11) is 0.303. The Morgan fingerprint density at radius 1 is 1.13 bits per heavy atom. The molecule has 1 fully saturated rings. The van der Waals surface area contributed by atoms with Crippen LogP contribution in [-0.4, -0.2) is 45.3 Å². The maximum atomic E-state index is 13.2. The first kappa shape index (κ1) is 22.8. The highest BCUT2D eigenvalue weighted by Gasteiger charge is 2.41. The summed E-state index contributed by atoms with van der Waals surface area (Å²) < 4.78 is 11.0. The summed E-state index contributed by atoms with van der Waals surface area (Å²) in [6, 6.07) is 14.6. The summed E-state index contributed by atoms with van der Waals surface area (Å²) in [5.41, 5.74) is 1.87. The second-order valence-electron chi connectivity index (χ2n) is 9.06. The highest BCUT2D eigenvalue weighted by atomic mass is 28.3. The van der Waals surface area contributed by atoms with Gasteiger partial charge < -0.3 is 14.4 Å². The topological polar surface area (TPSA) is 81.9 Å². The number of esters is 1. The summed E-state index contributed by atoms with van der Waals surface area (Å²) in [5.74, 6) is 0.499. The molecule has 0 saturated carbocycles. The fourth-order valence-electron chi connectivity index (χ4n) is 3.88. The number of hydrogen-bond acceptors (Lipinski definition) is 6. The van der Waals surface area contributed by atoms with E-state index in [4.69, 9.17) is 9.47 Å². The summed E-state index contributed by atoms with van der Waals surface area (Å²) in [6.07, 6.45) is 0.789. The molecule has 2 aromatic rings. The molecule has 2 aromatic carbocycles. The van der Waals surface area contributed by atoms with Crippen molar-refractivity contribution in [3.8, 4) is 5.75 Å². The maximum Gasteiger partial charge on any atom is 0.329 e. The molecule has 0 aromatic heterocycles. The van der Waals surface area contributed by atoms with Crippen LogP contribution in [0.2, 0.25) is 25.7 Å². The lowest BCUT2D eigenvalue weighted by atomic mass is 9.91. The lowest BCUT2D eigenvalue weighted by Gasteiger charge is -2.29. The molecule has 0 aliphatic carbocycles. The van der Waals surface area contributed by atoms with Crippen molar-refractivity contribution in [1.29, 1.82) is 0 Å². The fourth-order valence-corrected chi connectivity index (χ4v) is 4.60. The molecule has 0 bridgehead atoms. The number of benzene rings is 2. The van der Waals surface area contributed by atoms with Crippen molar-refractivity contribution in [3.63, 3.8) is 0 Å². The fraction of sp³-hybridized carbons (Fsp3) is 0.435. The van der Waals surface area contributed by atoms with Crippen molar-refractivity contribution in [2.45, 2.75) is 44.1 Å². The number of nitrogens with zero attached hydrogens (tertiary/aromatic N) is 2. The Hall–Kier alpha value is -2.87. The molecule has 166 valence electrons. The molecule has 0 radical (unpaired) electrons. The van der Waals surface area contributed by atoms with Gasteiger partial charge in [-0.15, -0.1) is 0 Å². The Labute approximate surface area is 184 Å². The van der Waals surface area contributed by atoms with Gasteiger partial charge in [-0.2, -0.15) is 0 Å². The standard InChI is InChI=1S/C23H30N2O5Si/c1-29-20-11-5-17(6-12-20)21-13-14-24(18-7-9-19(10-8-18)25(27)28)22(21)23(26)30-15-16-31(2,3)4/h5-12,21-22H,13-16H2,1-4H3/t21-,22+/m1/s1. The van der Waals surface area contributed by atoms with Gasteiger partial charge in [-0.25, -0.2) is 4.79 Å². The summed E-state index contributed by atoms with van der Waals surface area (Å²) in [6.45, 7) is 7.84. The lowest BCUT2D eigenvalue weighted by molar-refractivity contribution is -0.384. The zero-order valence-electron chi connectivity index (χ0n) is 18.5. The Morgan fingerprint density at radius 3 is 2.32 bits per heavy atom. The van der Waals surface area contributed by atoms with Gasteiger partial charge in [0.05, 0.1) is 18.6 Å². The molecule has 31 heavy (non-hydrogen) atoms. The predicted molar refractivity (Wildman–Crippen MR) is 124 cm³/mol. The summed E-state index contributed by atoms with van der Waals surface area (Å²) >= 11 is 0. The molecule has 1 saturated heterocycles. The monoisotopic (exact) mass is 442 g/mol. The van der Waals surface area contributed by atoms with E-state index in [9.17, 15) is 14.9 Å². The predicted octanol–water partition coefficient (Wildman–Crippen LogP) is 4.85. The SMILES string of the molecule is COc1ccc([C@H]2CCN(c3ccc([N+](=O)[O-])cc3)[C@@H]2C(=O)OCC[Si](C)(C)C)cc1. The van der Waals surface area contributed by atoms with E-state index < -0.39 is 19.0 Å². The summed E-state index contributed by atoms with van der Waals surface area (Å²) in [5, 5.41) is 11.0. The van der Waals surface area contributed by atoms with Gasteiger partial charge >= 0.3 is 5.97 Å². The number of ether oxygens (including phenoxy) is 2. The van der Waals surface area contributed by atoms with Crippen LogP contribution in [0, 0.1) is 10.1 Å².